The van der Waals surface area contributed by atoms with E-state index < -0.39 is 6.29 Å². The molecule has 1 saturated heterocycles. The SMILES string of the molecule is O=C(Nc1ccc(Oc2ccccc2)cc1)Nc1cccc(C2OC(CN(Cc3ccccc3)Cc3ccccc3)CC(c3ccc(CO)cc3)O2)c1. The largest absolute Gasteiger partial charge is 0.457 e. The second-order valence-electron chi connectivity index (χ2n) is 13.1. The van der Waals surface area contributed by atoms with Crippen molar-refractivity contribution in [2.24, 2.45) is 0 Å². The van der Waals surface area contributed by atoms with E-state index >= 15 is 0 Å². The number of hydrogen-bond acceptors (Lipinski definition) is 6. The Morgan fingerprint density at radius 3 is 1.87 bits per heavy atom. The second-order valence-corrected chi connectivity index (χ2v) is 13.1. The van der Waals surface area contributed by atoms with Gasteiger partial charge in [0.2, 0.25) is 0 Å². The number of nitrogens with one attached hydrogen (secondary N) is 2. The fourth-order valence-corrected chi connectivity index (χ4v) is 6.48. The zero-order valence-electron chi connectivity index (χ0n) is 29.4. The molecule has 0 aliphatic carbocycles. The maximum atomic E-state index is 13.1. The van der Waals surface area contributed by atoms with E-state index in [0.717, 1.165) is 35.5 Å². The zero-order chi connectivity index (χ0) is 36.2. The van der Waals surface area contributed by atoms with Crippen LogP contribution in [0.4, 0.5) is 16.2 Å². The minimum Gasteiger partial charge on any atom is -0.457 e. The van der Waals surface area contributed by atoms with Crippen LogP contribution in [0, 0.1) is 0 Å². The van der Waals surface area contributed by atoms with Crippen LogP contribution >= 0.6 is 0 Å². The molecule has 6 aromatic rings. The molecule has 0 aromatic heterocycles. The van der Waals surface area contributed by atoms with Crippen LogP contribution < -0.4 is 15.4 Å². The molecule has 53 heavy (non-hydrogen) atoms. The monoisotopic (exact) mass is 705 g/mol. The molecule has 2 amide bonds. The summed E-state index contributed by atoms with van der Waals surface area (Å²) in [6.45, 7) is 2.21. The Morgan fingerprint density at radius 2 is 1.23 bits per heavy atom. The Hall–Kier alpha value is -5.77. The Morgan fingerprint density at radius 1 is 0.623 bits per heavy atom. The summed E-state index contributed by atoms with van der Waals surface area (Å²) in [5.74, 6) is 1.41. The average molecular weight is 706 g/mol. The summed E-state index contributed by atoms with van der Waals surface area (Å²) in [6.07, 6.45) is -0.411. The van der Waals surface area contributed by atoms with Gasteiger partial charge in [-0.15, -0.1) is 0 Å². The first kappa shape index (κ1) is 35.6. The van der Waals surface area contributed by atoms with Crippen LogP contribution in [0.5, 0.6) is 11.5 Å². The first-order valence-corrected chi connectivity index (χ1v) is 17.9. The number of carbonyl (C=O) groups excluding carboxylic acids is 1. The third-order valence-electron chi connectivity index (χ3n) is 9.08. The van der Waals surface area contributed by atoms with Gasteiger partial charge in [0.1, 0.15) is 11.5 Å². The normalized spacial score (nSPS) is 16.9. The van der Waals surface area contributed by atoms with E-state index in [0.29, 0.717) is 30.1 Å². The summed E-state index contributed by atoms with van der Waals surface area (Å²) in [5, 5.41) is 15.5. The molecule has 7 rings (SSSR count). The van der Waals surface area contributed by atoms with Gasteiger partial charge in [0.05, 0.1) is 18.8 Å². The quantitative estimate of drug-likeness (QED) is 0.111. The molecule has 1 heterocycles. The van der Waals surface area contributed by atoms with Crippen molar-refractivity contribution in [1.82, 2.24) is 4.90 Å². The number of anilines is 2. The van der Waals surface area contributed by atoms with Gasteiger partial charge in [-0.1, -0.05) is 115 Å². The van der Waals surface area contributed by atoms with Crippen LogP contribution in [-0.2, 0) is 29.2 Å². The highest BCUT2D eigenvalue weighted by Gasteiger charge is 2.33. The molecule has 1 aliphatic rings. The molecule has 0 saturated carbocycles. The van der Waals surface area contributed by atoms with Crippen molar-refractivity contribution in [3.8, 4) is 11.5 Å². The van der Waals surface area contributed by atoms with Gasteiger partial charge in [0, 0.05) is 43.0 Å². The van der Waals surface area contributed by atoms with Crippen molar-refractivity contribution in [2.45, 2.75) is 44.6 Å². The van der Waals surface area contributed by atoms with E-state index in [2.05, 4.69) is 64.1 Å². The van der Waals surface area contributed by atoms with E-state index in [1.54, 1.807) is 12.1 Å². The molecule has 8 nitrogen and oxygen atoms in total. The lowest BCUT2D eigenvalue weighted by Gasteiger charge is -2.38. The van der Waals surface area contributed by atoms with E-state index in [1.165, 1.54) is 11.1 Å². The van der Waals surface area contributed by atoms with Gasteiger partial charge in [-0.2, -0.15) is 0 Å². The zero-order valence-corrected chi connectivity index (χ0v) is 29.4. The van der Waals surface area contributed by atoms with Crippen LogP contribution in [0.1, 0.15) is 46.6 Å². The van der Waals surface area contributed by atoms with Crippen LogP contribution in [-0.4, -0.2) is 28.7 Å². The maximum Gasteiger partial charge on any atom is 0.323 e. The predicted molar refractivity (Wildman–Crippen MR) is 207 cm³/mol. The summed E-state index contributed by atoms with van der Waals surface area (Å²) in [5.41, 5.74) is 6.37. The number of ether oxygens (including phenoxy) is 3. The fourth-order valence-electron chi connectivity index (χ4n) is 6.48. The number of carbonyl (C=O) groups is 1. The second kappa shape index (κ2) is 17.6. The Kier molecular flexibility index (Phi) is 11.9. The number of para-hydroxylation sites is 1. The lowest BCUT2D eigenvalue weighted by molar-refractivity contribution is -0.253. The van der Waals surface area contributed by atoms with E-state index in [-0.39, 0.29) is 24.8 Å². The average Bonchev–Trinajstić information content (AvgIpc) is 3.20. The van der Waals surface area contributed by atoms with E-state index in [9.17, 15) is 9.90 Å². The van der Waals surface area contributed by atoms with Gasteiger partial charge in [-0.05, 0) is 70.8 Å². The molecule has 6 aromatic carbocycles. The number of rotatable bonds is 13. The minimum absolute atomic E-state index is 0.0184. The molecular weight excluding hydrogens is 663 g/mol. The molecule has 3 N–H and O–H groups in total. The van der Waals surface area contributed by atoms with Gasteiger partial charge >= 0.3 is 6.03 Å². The summed E-state index contributed by atoms with van der Waals surface area (Å²) in [7, 11) is 0. The number of urea groups is 1. The van der Waals surface area contributed by atoms with Crippen molar-refractivity contribution in [3.63, 3.8) is 0 Å². The highest BCUT2D eigenvalue weighted by molar-refractivity contribution is 5.99. The molecule has 3 atom stereocenters. The topological polar surface area (TPSA) is 92.3 Å². The summed E-state index contributed by atoms with van der Waals surface area (Å²) in [6, 6.07) is 52.8. The molecule has 1 fully saturated rings. The van der Waals surface area contributed by atoms with Crippen LogP contribution in [0.2, 0.25) is 0 Å². The van der Waals surface area contributed by atoms with Crippen molar-refractivity contribution >= 4 is 17.4 Å². The van der Waals surface area contributed by atoms with Crippen LogP contribution in [0.3, 0.4) is 0 Å². The van der Waals surface area contributed by atoms with Gasteiger partial charge in [0.25, 0.3) is 0 Å². The number of hydrogen-bond donors (Lipinski definition) is 3. The standard InChI is InChI=1S/C45H43N3O5/c49-32-35-19-21-36(22-20-35)43-28-42(31-48(29-33-11-4-1-5-12-33)30-34-13-6-2-7-14-34)52-44(53-43)37-15-10-16-39(27-37)47-45(50)46-38-23-25-41(26-24-38)51-40-17-8-3-9-18-40/h1-27,42-44,49H,28-32H2,(H2,46,47,50). The van der Waals surface area contributed by atoms with E-state index in [4.69, 9.17) is 14.2 Å². The molecule has 1 aliphatic heterocycles. The smallest absolute Gasteiger partial charge is 0.323 e. The van der Waals surface area contributed by atoms with Crippen molar-refractivity contribution in [3.05, 3.63) is 192 Å². The van der Waals surface area contributed by atoms with Gasteiger partial charge in [-0.3, -0.25) is 4.90 Å². The summed E-state index contributed by atoms with van der Waals surface area (Å²) >= 11 is 0. The third-order valence-corrected chi connectivity index (χ3v) is 9.08. The first-order chi connectivity index (χ1) is 26.1. The number of aliphatic hydroxyl groups is 1. The molecule has 268 valence electrons. The summed E-state index contributed by atoms with van der Waals surface area (Å²) in [4.78, 5) is 15.5. The highest BCUT2D eigenvalue weighted by atomic mass is 16.7. The number of amides is 2. The third kappa shape index (κ3) is 10.2. The number of nitrogens with zero attached hydrogens (tertiary/aromatic N) is 1. The van der Waals surface area contributed by atoms with Crippen LogP contribution in [0.25, 0.3) is 0 Å². The van der Waals surface area contributed by atoms with Crippen molar-refractivity contribution in [2.75, 3.05) is 17.2 Å². The molecule has 3 unspecified atom stereocenters. The first-order valence-electron chi connectivity index (χ1n) is 17.9. The Bertz CT molecular complexity index is 1990. The molecule has 0 radical (unpaired) electrons. The minimum atomic E-state index is -0.673. The van der Waals surface area contributed by atoms with E-state index in [1.807, 2.05) is 103 Å². The molecule has 8 heteroatoms. The van der Waals surface area contributed by atoms with Gasteiger partial charge in [-0.25, -0.2) is 4.79 Å². The Balaban J connectivity index is 1.06. The molecule has 0 bridgehead atoms. The lowest BCUT2D eigenvalue weighted by Crippen LogP contribution is -2.39. The molecule has 0 spiro atoms. The summed E-state index contributed by atoms with van der Waals surface area (Å²) < 4.78 is 19.3. The van der Waals surface area contributed by atoms with Crippen molar-refractivity contribution < 1.29 is 24.1 Å². The Labute approximate surface area is 310 Å². The highest BCUT2D eigenvalue weighted by Crippen LogP contribution is 2.39. The van der Waals surface area contributed by atoms with Gasteiger partial charge in [0.15, 0.2) is 6.29 Å². The fraction of sp³-hybridized carbons (Fsp3) is 0.178. The van der Waals surface area contributed by atoms with Crippen molar-refractivity contribution in [1.29, 1.82) is 0 Å². The predicted octanol–water partition coefficient (Wildman–Crippen LogP) is 9.86. The van der Waals surface area contributed by atoms with Gasteiger partial charge < -0.3 is 30.0 Å². The maximum absolute atomic E-state index is 13.1. The molecular formula is C45H43N3O5. The van der Waals surface area contributed by atoms with Crippen LogP contribution in [0.15, 0.2) is 164 Å². The number of benzene rings is 6. The number of aliphatic hydroxyl groups excluding tert-OH is 1. The lowest BCUT2D eigenvalue weighted by atomic mass is 9.99.